The highest BCUT2D eigenvalue weighted by Gasteiger charge is 2.75. The van der Waals surface area contributed by atoms with Crippen LogP contribution in [0.3, 0.4) is 0 Å². The molecule has 0 spiro atoms. The predicted octanol–water partition coefficient (Wildman–Crippen LogP) is 1.97. The molecule has 33 heavy (non-hydrogen) atoms. The Morgan fingerprint density at radius 3 is 2.30 bits per heavy atom. The number of aliphatic carboxylic acids is 1. The summed E-state index contributed by atoms with van der Waals surface area (Å²) in [5.74, 6) is -2.47. The number of nitrogens with one attached hydrogen (secondary N) is 1. The lowest BCUT2D eigenvalue weighted by Gasteiger charge is -2.49. The molecule has 1 unspecified atom stereocenters. The minimum atomic E-state index is -1.98. The number of fused-ring (bicyclic) bond motifs is 1. The smallest absolute Gasteiger partial charge is 0.352 e. The second-order valence-electron chi connectivity index (χ2n) is 8.31. The van der Waals surface area contributed by atoms with Gasteiger partial charge in [-0.3, -0.25) is 19.3 Å². The molecule has 0 radical (unpaired) electrons. The SMILES string of the molecule is CC1(CCc2ccccc2)S[C@@H]2[C@H](OC=O)C(=O)N2[C@@]1(NC(=O)Cc1ccccc1)C(=O)O. The number of carbonyl (C=O) groups is 4. The van der Waals surface area contributed by atoms with Gasteiger partial charge in [-0.25, -0.2) is 4.79 Å². The van der Waals surface area contributed by atoms with Crippen LogP contribution in [0, 0.1) is 0 Å². The molecule has 8 nitrogen and oxygen atoms in total. The van der Waals surface area contributed by atoms with E-state index in [9.17, 15) is 24.3 Å². The lowest BCUT2D eigenvalue weighted by atomic mass is 9.83. The predicted molar refractivity (Wildman–Crippen MR) is 121 cm³/mol. The molecule has 9 heteroatoms. The van der Waals surface area contributed by atoms with Crippen molar-refractivity contribution in [3.05, 3.63) is 71.8 Å². The van der Waals surface area contributed by atoms with Crippen molar-refractivity contribution in [1.29, 1.82) is 0 Å². The van der Waals surface area contributed by atoms with Gasteiger partial charge in [0.05, 0.1) is 11.2 Å². The summed E-state index contributed by atoms with van der Waals surface area (Å²) in [5.41, 5.74) is -0.251. The van der Waals surface area contributed by atoms with Crippen LogP contribution in [0.2, 0.25) is 0 Å². The van der Waals surface area contributed by atoms with E-state index >= 15 is 0 Å². The highest BCUT2D eigenvalue weighted by atomic mass is 32.2. The number of hydrogen-bond donors (Lipinski definition) is 2. The number of ether oxygens (including phenoxy) is 1. The van der Waals surface area contributed by atoms with Crippen molar-refractivity contribution < 1.29 is 29.0 Å². The fourth-order valence-electron chi connectivity index (χ4n) is 4.57. The van der Waals surface area contributed by atoms with Crippen molar-refractivity contribution in [2.45, 2.75) is 48.1 Å². The fourth-order valence-corrected chi connectivity index (χ4v) is 6.40. The standard InChI is InChI=1S/C24H24N2O6S/c1-23(13-12-16-8-4-2-5-9-16)24(22(30)31,25-18(28)14-17-10-6-3-7-11-17)26-20(29)19(32-15-27)21(26)33-23/h2-11,15,19,21H,12-14H2,1H3,(H,25,28)(H,30,31)/t19-,21-,23?,24+/m1/s1. The van der Waals surface area contributed by atoms with Crippen LogP contribution in [-0.4, -0.2) is 56.2 Å². The summed E-state index contributed by atoms with van der Waals surface area (Å²) >= 11 is 1.24. The second kappa shape index (κ2) is 8.90. The summed E-state index contributed by atoms with van der Waals surface area (Å²) in [6.45, 7) is 1.93. The molecule has 0 aliphatic carbocycles. The van der Waals surface area contributed by atoms with E-state index < -0.39 is 39.7 Å². The van der Waals surface area contributed by atoms with Crippen LogP contribution in [-0.2, 0) is 36.8 Å². The summed E-state index contributed by atoms with van der Waals surface area (Å²) in [6, 6.07) is 18.5. The minimum Gasteiger partial charge on any atom is -0.478 e. The van der Waals surface area contributed by atoms with Gasteiger partial charge in [0.2, 0.25) is 17.7 Å². The molecule has 2 aromatic carbocycles. The van der Waals surface area contributed by atoms with Gasteiger partial charge in [-0.1, -0.05) is 60.7 Å². The Bertz CT molecular complexity index is 1070. The first-order valence-electron chi connectivity index (χ1n) is 10.5. The third kappa shape index (κ3) is 3.86. The van der Waals surface area contributed by atoms with Crippen molar-refractivity contribution in [2.24, 2.45) is 0 Å². The van der Waals surface area contributed by atoms with E-state index in [0.717, 1.165) is 16.0 Å². The molecule has 2 aliphatic heterocycles. The van der Waals surface area contributed by atoms with Crippen molar-refractivity contribution in [1.82, 2.24) is 10.2 Å². The van der Waals surface area contributed by atoms with Crippen LogP contribution < -0.4 is 5.32 Å². The van der Waals surface area contributed by atoms with E-state index in [1.165, 1.54) is 11.8 Å². The zero-order valence-electron chi connectivity index (χ0n) is 18.0. The largest absolute Gasteiger partial charge is 0.478 e. The van der Waals surface area contributed by atoms with E-state index in [1.807, 2.05) is 36.4 Å². The number of β-lactam (4-membered cyclic amide) rings is 1. The average molecular weight is 469 g/mol. The number of amides is 2. The number of carbonyl (C=O) groups excluding carboxylic acids is 3. The highest BCUT2D eigenvalue weighted by Crippen LogP contribution is 2.58. The van der Waals surface area contributed by atoms with Crippen LogP contribution >= 0.6 is 11.8 Å². The molecule has 0 bridgehead atoms. The lowest BCUT2D eigenvalue weighted by Crippen LogP contribution is -2.79. The maximum absolute atomic E-state index is 13.0. The molecule has 0 saturated carbocycles. The van der Waals surface area contributed by atoms with E-state index in [-0.39, 0.29) is 12.9 Å². The van der Waals surface area contributed by atoms with Gasteiger partial charge in [0.25, 0.3) is 12.4 Å². The molecule has 2 amide bonds. The Labute approximate surface area is 195 Å². The normalized spacial score (nSPS) is 27.9. The summed E-state index contributed by atoms with van der Waals surface area (Å²) in [5, 5.41) is 12.4. The number of nitrogens with zero attached hydrogens (tertiary/aromatic N) is 1. The Hall–Kier alpha value is -3.33. The maximum atomic E-state index is 13.0. The third-order valence-electron chi connectivity index (χ3n) is 6.27. The number of aryl methyl sites for hydroxylation is 1. The summed E-state index contributed by atoms with van der Waals surface area (Å²) in [7, 11) is 0. The van der Waals surface area contributed by atoms with Gasteiger partial charge in [0.1, 0.15) is 5.37 Å². The van der Waals surface area contributed by atoms with E-state index in [2.05, 4.69) is 5.32 Å². The quantitative estimate of drug-likeness (QED) is 0.427. The van der Waals surface area contributed by atoms with Crippen molar-refractivity contribution in [3.8, 4) is 0 Å². The first-order chi connectivity index (χ1) is 15.8. The minimum absolute atomic E-state index is 0.0315. The van der Waals surface area contributed by atoms with E-state index in [0.29, 0.717) is 12.8 Å². The molecule has 2 heterocycles. The van der Waals surface area contributed by atoms with Gasteiger partial charge < -0.3 is 15.2 Å². The summed E-state index contributed by atoms with van der Waals surface area (Å²) < 4.78 is 3.85. The third-order valence-corrected chi connectivity index (χ3v) is 7.99. The molecular weight excluding hydrogens is 444 g/mol. The Balaban J connectivity index is 1.67. The molecule has 4 rings (SSSR count). The van der Waals surface area contributed by atoms with Crippen LogP contribution in [0.15, 0.2) is 60.7 Å². The molecule has 172 valence electrons. The van der Waals surface area contributed by atoms with Crippen LogP contribution in [0.25, 0.3) is 0 Å². The molecule has 2 fully saturated rings. The fraction of sp³-hybridized carbons (Fsp3) is 0.333. The highest BCUT2D eigenvalue weighted by molar-refractivity contribution is 8.01. The topological polar surface area (TPSA) is 113 Å². The zero-order chi connectivity index (χ0) is 23.6. The second-order valence-corrected chi connectivity index (χ2v) is 9.93. The van der Waals surface area contributed by atoms with Crippen LogP contribution in [0.4, 0.5) is 0 Å². The molecule has 2 aromatic rings. The number of carboxylic acid groups (broad SMARTS) is 1. The monoisotopic (exact) mass is 468 g/mol. The summed E-state index contributed by atoms with van der Waals surface area (Å²) in [6.07, 6.45) is -0.193. The number of hydrogen-bond acceptors (Lipinski definition) is 6. The van der Waals surface area contributed by atoms with Gasteiger partial charge in [-0.05, 0) is 30.9 Å². The lowest BCUT2D eigenvalue weighted by molar-refractivity contribution is -0.190. The van der Waals surface area contributed by atoms with Crippen molar-refractivity contribution in [2.75, 3.05) is 0 Å². The molecule has 0 aromatic heterocycles. The first-order valence-corrected chi connectivity index (χ1v) is 11.4. The molecular formula is C24H24N2O6S. The van der Waals surface area contributed by atoms with Gasteiger partial charge >= 0.3 is 5.97 Å². The van der Waals surface area contributed by atoms with Gasteiger partial charge in [-0.15, -0.1) is 11.8 Å². The summed E-state index contributed by atoms with van der Waals surface area (Å²) in [4.78, 5) is 50.8. The van der Waals surface area contributed by atoms with E-state index in [4.69, 9.17) is 4.74 Å². The number of rotatable bonds is 9. The maximum Gasteiger partial charge on any atom is 0.352 e. The van der Waals surface area contributed by atoms with Crippen LogP contribution in [0.1, 0.15) is 24.5 Å². The Morgan fingerprint density at radius 1 is 1.12 bits per heavy atom. The van der Waals surface area contributed by atoms with Crippen molar-refractivity contribution in [3.63, 3.8) is 0 Å². The van der Waals surface area contributed by atoms with Crippen LogP contribution in [0.5, 0.6) is 0 Å². The number of thioether (sulfide) groups is 1. The Kier molecular flexibility index (Phi) is 6.16. The van der Waals surface area contributed by atoms with Gasteiger partial charge in [-0.2, -0.15) is 0 Å². The van der Waals surface area contributed by atoms with E-state index in [1.54, 1.807) is 31.2 Å². The molecule has 4 atom stereocenters. The Morgan fingerprint density at radius 2 is 1.73 bits per heavy atom. The van der Waals surface area contributed by atoms with Gasteiger partial charge in [0.15, 0.2) is 0 Å². The number of benzene rings is 2. The zero-order valence-corrected chi connectivity index (χ0v) is 18.8. The molecule has 2 aliphatic rings. The van der Waals surface area contributed by atoms with Crippen molar-refractivity contribution >= 4 is 36.0 Å². The molecule has 2 saturated heterocycles. The first kappa shape index (κ1) is 22.8. The van der Waals surface area contributed by atoms with Gasteiger partial charge in [0, 0.05) is 0 Å². The molecule has 2 N–H and O–H groups in total. The average Bonchev–Trinajstić information content (AvgIpc) is 3.04. The number of carboxylic acids is 1.